The van der Waals surface area contributed by atoms with Crippen LogP contribution in [0, 0.1) is 12.3 Å². The number of rotatable bonds is 12. The summed E-state index contributed by atoms with van der Waals surface area (Å²) in [5.74, 6) is 2.75. The summed E-state index contributed by atoms with van der Waals surface area (Å²) < 4.78 is 16.5. The number of hydrogen-bond donors (Lipinski definition) is 0. The fraction of sp³-hybridized carbons (Fsp3) is 0.571. The van der Waals surface area contributed by atoms with Crippen LogP contribution >= 0.6 is 0 Å². The van der Waals surface area contributed by atoms with Gasteiger partial charge in [-0.3, -0.25) is 9.59 Å². The maximum atomic E-state index is 13.5. The summed E-state index contributed by atoms with van der Waals surface area (Å²) in [5, 5.41) is 0. The first-order valence-corrected chi connectivity index (χ1v) is 12.3. The average molecular weight is 487 g/mol. The molecule has 2 aromatic rings. The summed E-state index contributed by atoms with van der Waals surface area (Å²) >= 11 is 0. The van der Waals surface area contributed by atoms with Gasteiger partial charge in [-0.25, -0.2) is 0 Å². The highest BCUT2D eigenvalue weighted by Crippen LogP contribution is 2.28. The molecule has 35 heavy (non-hydrogen) atoms. The quantitative estimate of drug-likeness (QED) is 0.410. The van der Waals surface area contributed by atoms with E-state index in [0.29, 0.717) is 37.4 Å². The highest BCUT2D eigenvalue weighted by Gasteiger charge is 2.28. The molecule has 194 valence electrons. The zero-order chi connectivity index (χ0) is 26.2. The Morgan fingerprint density at radius 3 is 2.26 bits per heavy atom. The zero-order valence-electron chi connectivity index (χ0n) is 22.6. The Balaban J connectivity index is 2.23. The molecule has 0 aliphatic heterocycles. The minimum Gasteiger partial charge on any atom is -0.493 e. The van der Waals surface area contributed by atoms with E-state index in [9.17, 15) is 9.59 Å². The van der Waals surface area contributed by atoms with Crippen LogP contribution in [-0.2, 0) is 22.6 Å². The monoisotopic (exact) mass is 486 g/mol. The molecule has 1 aromatic heterocycles. The van der Waals surface area contributed by atoms with Crippen molar-refractivity contribution >= 4 is 11.8 Å². The van der Waals surface area contributed by atoms with Crippen molar-refractivity contribution < 1.29 is 23.5 Å². The Labute approximate surface area is 210 Å². The summed E-state index contributed by atoms with van der Waals surface area (Å²) in [5.41, 5.74) is 0.878. The van der Waals surface area contributed by atoms with Gasteiger partial charge in [0.1, 0.15) is 18.1 Å². The van der Waals surface area contributed by atoms with Crippen LogP contribution in [0.2, 0.25) is 0 Å². The lowest BCUT2D eigenvalue weighted by Crippen LogP contribution is -2.47. The highest BCUT2D eigenvalue weighted by molar-refractivity contribution is 5.85. The van der Waals surface area contributed by atoms with Crippen LogP contribution in [0.5, 0.6) is 11.5 Å². The smallest absolute Gasteiger partial charge is 0.242 e. The van der Waals surface area contributed by atoms with E-state index in [-0.39, 0.29) is 29.8 Å². The molecule has 0 saturated heterocycles. The molecule has 1 heterocycles. The summed E-state index contributed by atoms with van der Waals surface area (Å²) in [7, 11) is 3.21. The number of methoxy groups -OCH3 is 2. The minimum absolute atomic E-state index is 0.00823. The number of furan rings is 1. The van der Waals surface area contributed by atoms with E-state index in [1.165, 1.54) is 0 Å². The molecule has 1 aromatic carbocycles. The van der Waals surface area contributed by atoms with Crippen LogP contribution < -0.4 is 9.47 Å². The second-order valence-electron chi connectivity index (χ2n) is 10.3. The third-order valence-corrected chi connectivity index (χ3v) is 6.04. The van der Waals surface area contributed by atoms with Gasteiger partial charge in [-0.2, -0.15) is 0 Å². The number of aryl methyl sites for hydroxylation is 1. The van der Waals surface area contributed by atoms with E-state index < -0.39 is 0 Å². The number of hydrogen-bond acceptors (Lipinski definition) is 5. The summed E-state index contributed by atoms with van der Waals surface area (Å²) in [6.45, 7) is 12.9. The van der Waals surface area contributed by atoms with Crippen molar-refractivity contribution in [2.24, 2.45) is 5.41 Å². The molecule has 0 N–H and O–H groups in total. The van der Waals surface area contributed by atoms with Crippen LogP contribution in [0.25, 0.3) is 0 Å². The Hall–Kier alpha value is -2.96. The van der Waals surface area contributed by atoms with Crippen LogP contribution in [-0.4, -0.2) is 55.0 Å². The average Bonchev–Trinajstić information content (AvgIpc) is 3.22. The van der Waals surface area contributed by atoms with Crippen molar-refractivity contribution in [3.63, 3.8) is 0 Å². The van der Waals surface area contributed by atoms with E-state index in [4.69, 9.17) is 13.9 Å². The van der Waals surface area contributed by atoms with E-state index in [1.54, 1.807) is 24.0 Å². The van der Waals surface area contributed by atoms with Crippen LogP contribution in [0.4, 0.5) is 0 Å². The number of carbonyl (C=O) groups excluding carboxylic acids is 2. The van der Waals surface area contributed by atoms with Gasteiger partial charge in [-0.15, -0.1) is 0 Å². The van der Waals surface area contributed by atoms with Crippen molar-refractivity contribution in [2.45, 2.75) is 73.4 Å². The molecule has 0 aliphatic rings. The van der Waals surface area contributed by atoms with Gasteiger partial charge in [0.05, 0.1) is 20.8 Å². The first-order valence-electron chi connectivity index (χ1n) is 12.3. The second-order valence-corrected chi connectivity index (χ2v) is 10.3. The Morgan fingerprint density at radius 1 is 1.03 bits per heavy atom. The van der Waals surface area contributed by atoms with E-state index >= 15 is 0 Å². The van der Waals surface area contributed by atoms with Crippen molar-refractivity contribution in [2.75, 3.05) is 27.3 Å². The maximum absolute atomic E-state index is 13.5. The number of ether oxygens (including phenoxy) is 2. The lowest BCUT2D eigenvalue weighted by molar-refractivity contribution is -0.144. The summed E-state index contributed by atoms with van der Waals surface area (Å²) in [4.78, 5) is 30.1. The van der Waals surface area contributed by atoms with Crippen molar-refractivity contribution in [3.05, 3.63) is 47.4 Å². The molecular weight excluding hydrogens is 444 g/mol. The topological polar surface area (TPSA) is 72.2 Å². The Morgan fingerprint density at radius 2 is 1.71 bits per heavy atom. The molecule has 2 rings (SSSR count). The van der Waals surface area contributed by atoms with Gasteiger partial charge < -0.3 is 23.7 Å². The minimum atomic E-state index is -0.148. The standard InChI is InChI=1S/C28H42N2O5/c1-9-20(2)30(26(31)17-28(4,5)6)19-27(32)29(18-23-12-10-21(3)35-23)15-14-22-11-13-24(33-7)25(16-22)34-8/h10-13,16,20H,9,14-15,17-19H2,1-8H3/t20-/m0/s1. The van der Waals surface area contributed by atoms with Crippen LogP contribution in [0.3, 0.4) is 0 Å². The van der Waals surface area contributed by atoms with Gasteiger partial charge in [0.15, 0.2) is 11.5 Å². The SMILES string of the molecule is CC[C@H](C)N(CC(=O)N(CCc1ccc(OC)c(OC)c1)Cc1ccc(C)o1)C(=O)CC(C)(C)C. The van der Waals surface area contributed by atoms with Gasteiger partial charge in [0.25, 0.3) is 0 Å². The number of nitrogens with zero attached hydrogens (tertiary/aromatic N) is 2. The van der Waals surface area contributed by atoms with Gasteiger partial charge in [0, 0.05) is 19.0 Å². The molecule has 7 heteroatoms. The molecule has 2 amide bonds. The predicted molar refractivity (Wildman–Crippen MR) is 138 cm³/mol. The lowest BCUT2D eigenvalue weighted by atomic mass is 9.91. The van der Waals surface area contributed by atoms with E-state index in [1.807, 2.05) is 71.9 Å². The maximum Gasteiger partial charge on any atom is 0.242 e. The number of amides is 2. The largest absolute Gasteiger partial charge is 0.493 e. The molecule has 0 spiro atoms. The fourth-order valence-electron chi connectivity index (χ4n) is 3.86. The molecule has 0 bridgehead atoms. The van der Waals surface area contributed by atoms with Gasteiger partial charge >= 0.3 is 0 Å². The molecule has 0 unspecified atom stereocenters. The summed E-state index contributed by atoms with van der Waals surface area (Å²) in [6.07, 6.45) is 1.81. The zero-order valence-corrected chi connectivity index (χ0v) is 22.6. The first-order chi connectivity index (χ1) is 16.5. The third-order valence-electron chi connectivity index (χ3n) is 6.04. The fourth-order valence-corrected chi connectivity index (χ4v) is 3.86. The molecule has 0 aliphatic carbocycles. The normalized spacial score (nSPS) is 12.2. The van der Waals surface area contributed by atoms with Crippen molar-refractivity contribution in [3.8, 4) is 11.5 Å². The highest BCUT2D eigenvalue weighted by atomic mass is 16.5. The lowest BCUT2D eigenvalue weighted by Gasteiger charge is -2.33. The van der Waals surface area contributed by atoms with Crippen LogP contribution in [0.1, 0.15) is 64.5 Å². The first kappa shape index (κ1) is 28.3. The van der Waals surface area contributed by atoms with Gasteiger partial charge in [-0.05, 0) is 61.9 Å². The Bertz CT molecular complexity index is 976. The van der Waals surface area contributed by atoms with E-state index in [0.717, 1.165) is 23.5 Å². The second kappa shape index (κ2) is 12.7. The van der Waals surface area contributed by atoms with Gasteiger partial charge in [0.2, 0.25) is 11.8 Å². The molecular formula is C28H42N2O5. The Kier molecular flexibility index (Phi) is 10.2. The molecule has 0 fully saturated rings. The van der Waals surface area contributed by atoms with Crippen molar-refractivity contribution in [1.82, 2.24) is 9.80 Å². The van der Waals surface area contributed by atoms with Crippen molar-refractivity contribution in [1.29, 1.82) is 0 Å². The third kappa shape index (κ3) is 8.64. The summed E-state index contributed by atoms with van der Waals surface area (Å²) in [6, 6.07) is 9.53. The van der Waals surface area contributed by atoms with E-state index in [2.05, 4.69) is 0 Å². The molecule has 7 nitrogen and oxygen atoms in total. The number of benzene rings is 1. The predicted octanol–water partition coefficient (Wildman–Crippen LogP) is 5.24. The molecule has 0 radical (unpaired) electrons. The van der Waals surface area contributed by atoms with Crippen LogP contribution in [0.15, 0.2) is 34.7 Å². The van der Waals surface area contributed by atoms with Gasteiger partial charge in [-0.1, -0.05) is 33.8 Å². The molecule has 1 atom stereocenters. The molecule has 0 saturated carbocycles. The number of carbonyl (C=O) groups is 2.